The Morgan fingerprint density at radius 1 is 1.25 bits per heavy atom. The molecule has 2 aliphatic heterocycles. The summed E-state index contributed by atoms with van der Waals surface area (Å²) in [4.78, 5) is 9.55. The molecule has 1 saturated heterocycles. The molecule has 176 valence electrons. The van der Waals surface area contributed by atoms with Crippen LogP contribution in [0.4, 0.5) is 10.2 Å². The third-order valence-corrected chi connectivity index (χ3v) is 6.34. The van der Waals surface area contributed by atoms with Gasteiger partial charge in [0.1, 0.15) is 5.84 Å². The Kier molecular flexibility index (Phi) is 10.0. The number of ether oxygens (including phenoxy) is 1. The maximum atomic E-state index is 14.5. The van der Waals surface area contributed by atoms with E-state index in [0.717, 1.165) is 69.6 Å². The van der Waals surface area contributed by atoms with Crippen LogP contribution in [0.5, 0.6) is 0 Å². The molecule has 3 heterocycles. The number of hydrogen-bond donors (Lipinski definition) is 2. The summed E-state index contributed by atoms with van der Waals surface area (Å²) in [6.07, 6.45) is 13.2. The predicted octanol–water partition coefficient (Wildman–Crippen LogP) is 5.92. The van der Waals surface area contributed by atoms with Crippen molar-refractivity contribution in [3.8, 4) is 0 Å². The third-order valence-electron chi connectivity index (χ3n) is 5.96. The molecule has 1 fully saturated rings. The van der Waals surface area contributed by atoms with Crippen molar-refractivity contribution in [2.75, 3.05) is 25.1 Å². The van der Waals surface area contributed by atoms with Crippen molar-refractivity contribution in [2.45, 2.75) is 70.2 Å². The van der Waals surface area contributed by atoms with Crippen molar-refractivity contribution in [1.29, 1.82) is 0 Å². The summed E-state index contributed by atoms with van der Waals surface area (Å²) in [5, 5.41) is 6.07. The molecular formula is C25H36ClFN4O. The quantitative estimate of drug-likeness (QED) is 0.423. The van der Waals surface area contributed by atoms with Crippen molar-refractivity contribution in [1.82, 2.24) is 10.3 Å². The number of aromatic nitrogens is 1. The van der Waals surface area contributed by atoms with Gasteiger partial charge >= 0.3 is 0 Å². The number of nitrogens with zero attached hydrogens (tertiary/aromatic N) is 2. The van der Waals surface area contributed by atoms with Crippen LogP contribution in [0.15, 0.2) is 35.5 Å². The van der Waals surface area contributed by atoms with E-state index in [1.165, 1.54) is 6.07 Å². The van der Waals surface area contributed by atoms with E-state index in [2.05, 4.69) is 29.5 Å². The predicted molar refractivity (Wildman–Crippen MR) is 132 cm³/mol. The molecule has 0 spiro atoms. The van der Waals surface area contributed by atoms with Crippen LogP contribution in [0.25, 0.3) is 5.57 Å². The lowest BCUT2D eigenvalue weighted by molar-refractivity contribution is 0.0699. The molecule has 3 rings (SSSR count). The Labute approximate surface area is 196 Å². The van der Waals surface area contributed by atoms with Crippen LogP contribution in [-0.2, 0) is 4.74 Å². The largest absolute Gasteiger partial charge is 0.381 e. The number of hydrogen-bond acceptors (Lipinski definition) is 4. The Hall–Kier alpha value is -1.92. The van der Waals surface area contributed by atoms with Crippen LogP contribution in [0.2, 0.25) is 0 Å². The van der Waals surface area contributed by atoms with Gasteiger partial charge in [0.05, 0.1) is 17.1 Å². The van der Waals surface area contributed by atoms with Crippen LogP contribution in [0, 0.1) is 11.7 Å². The molecule has 1 aromatic heterocycles. The molecule has 2 unspecified atom stereocenters. The van der Waals surface area contributed by atoms with E-state index in [0.29, 0.717) is 18.2 Å². The number of alkyl halides is 1. The zero-order valence-corrected chi connectivity index (χ0v) is 20.0. The number of aliphatic imine (C=N–C) groups is 1. The van der Waals surface area contributed by atoms with E-state index in [1.54, 1.807) is 6.07 Å². The summed E-state index contributed by atoms with van der Waals surface area (Å²) in [6.45, 7) is 6.60. The van der Waals surface area contributed by atoms with Gasteiger partial charge in [-0.2, -0.15) is 0 Å². The van der Waals surface area contributed by atoms with Gasteiger partial charge in [-0.3, -0.25) is 4.99 Å². The number of pyridine rings is 1. The number of allylic oxidation sites excluding steroid dienone is 2. The summed E-state index contributed by atoms with van der Waals surface area (Å²) in [7, 11) is 0. The molecule has 1 aromatic rings. The maximum Gasteiger partial charge on any atom is 0.165 e. The number of nitrogens with one attached hydrogen (secondary N) is 2. The van der Waals surface area contributed by atoms with Gasteiger partial charge < -0.3 is 15.4 Å². The van der Waals surface area contributed by atoms with Crippen molar-refractivity contribution < 1.29 is 9.13 Å². The summed E-state index contributed by atoms with van der Waals surface area (Å²) >= 11 is 6.64. The molecule has 0 aromatic carbocycles. The summed E-state index contributed by atoms with van der Waals surface area (Å²) in [5.41, 5.74) is 1.47. The normalized spacial score (nSPS) is 21.7. The van der Waals surface area contributed by atoms with Crippen molar-refractivity contribution in [3.05, 3.63) is 42.0 Å². The fraction of sp³-hybridized carbons (Fsp3) is 0.600. The molecule has 0 saturated carbocycles. The van der Waals surface area contributed by atoms with Gasteiger partial charge in [-0.05, 0) is 55.9 Å². The van der Waals surface area contributed by atoms with E-state index in [1.807, 2.05) is 18.4 Å². The van der Waals surface area contributed by atoms with Crippen molar-refractivity contribution in [3.63, 3.8) is 0 Å². The zero-order valence-electron chi connectivity index (χ0n) is 19.2. The highest BCUT2D eigenvalue weighted by molar-refractivity contribution is 6.29. The SMILES string of the molecule is CCCCC(CCC)N=C1C=C(c2ccc(F)c(NCC3CCOCC3)n2)C(Cl)C=CN1. The topological polar surface area (TPSA) is 58.5 Å². The summed E-state index contributed by atoms with van der Waals surface area (Å²) < 4.78 is 19.9. The number of rotatable bonds is 10. The van der Waals surface area contributed by atoms with Crippen LogP contribution in [-0.4, -0.2) is 42.0 Å². The van der Waals surface area contributed by atoms with Gasteiger partial charge in [0.25, 0.3) is 0 Å². The second kappa shape index (κ2) is 12.9. The minimum Gasteiger partial charge on any atom is -0.381 e. The first-order valence-electron chi connectivity index (χ1n) is 12.0. The van der Waals surface area contributed by atoms with Gasteiger partial charge in [0.2, 0.25) is 0 Å². The molecule has 32 heavy (non-hydrogen) atoms. The molecular weight excluding hydrogens is 427 g/mol. The minimum atomic E-state index is -0.378. The van der Waals surface area contributed by atoms with Crippen LogP contribution < -0.4 is 10.6 Å². The standard InChI is InChI=1S/C25H36ClFN4O/c1-3-5-7-19(6-4-2)30-24-16-20(21(26)10-13-28-24)23-9-8-22(27)25(31-23)29-17-18-11-14-32-15-12-18/h8-10,13,16,18-19,21H,3-7,11-12,14-15,17H2,1-2H3,(H,28,30)(H,29,31). The van der Waals surface area contributed by atoms with Crippen molar-refractivity contribution >= 4 is 28.8 Å². The number of unbranched alkanes of at least 4 members (excludes halogenated alkanes) is 1. The smallest absolute Gasteiger partial charge is 0.165 e. The van der Waals surface area contributed by atoms with Gasteiger partial charge in [-0.15, -0.1) is 11.6 Å². The Morgan fingerprint density at radius 3 is 2.81 bits per heavy atom. The first-order chi connectivity index (χ1) is 15.6. The van der Waals surface area contributed by atoms with E-state index >= 15 is 0 Å². The van der Waals surface area contributed by atoms with Gasteiger partial charge in [0, 0.05) is 31.5 Å². The van der Waals surface area contributed by atoms with E-state index in [-0.39, 0.29) is 23.1 Å². The number of halogens is 2. The van der Waals surface area contributed by atoms with Gasteiger partial charge in [-0.25, -0.2) is 9.37 Å². The molecule has 0 radical (unpaired) electrons. The summed E-state index contributed by atoms with van der Waals surface area (Å²) in [5.74, 6) is 1.16. The average molecular weight is 463 g/mol. The Bertz CT molecular complexity index is 820. The molecule has 2 N–H and O–H groups in total. The third kappa shape index (κ3) is 7.31. The molecule has 0 bridgehead atoms. The zero-order chi connectivity index (χ0) is 22.8. The van der Waals surface area contributed by atoms with Gasteiger partial charge in [-0.1, -0.05) is 33.1 Å². The molecule has 0 amide bonds. The molecule has 2 aliphatic rings. The fourth-order valence-electron chi connectivity index (χ4n) is 4.04. The average Bonchev–Trinajstić information content (AvgIpc) is 2.99. The lowest BCUT2D eigenvalue weighted by Crippen LogP contribution is -2.23. The minimum absolute atomic E-state index is 0.269. The first-order valence-corrected chi connectivity index (χ1v) is 12.4. The fourth-order valence-corrected chi connectivity index (χ4v) is 4.29. The van der Waals surface area contributed by atoms with E-state index in [9.17, 15) is 4.39 Å². The monoisotopic (exact) mass is 462 g/mol. The Balaban J connectivity index is 1.81. The van der Waals surface area contributed by atoms with E-state index < -0.39 is 0 Å². The van der Waals surface area contributed by atoms with Crippen LogP contribution >= 0.6 is 11.6 Å². The lowest BCUT2D eigenvalue weighted by atomic mass is 10.0. The van der Waals surface area contributed by atoms with Crippen LogP contribution in [0.3, 0.4) is 0 Å². The molecule has 7 heteroatoms. The highest BCUT2D eigenvalue weighted by atomic mass is 35.5. The highest BCUT2D eigenvalue weighted by Gasteiger charge is 2.19. The highest BCUT2D eigenvalue weighted by Crippen LogP contribution is 2.26. The van der Waals surface area contributed by atoms with E-state index in [4.69, 9.17) is 21.3 Å². The van der Waals surface area contributed by atoms with Crippen LogP contribution in [0.1, 0.15) is 64.5 Å². The summed E-state index contributed by atoms with van der Waals surface area (Å²) in [6, 6.07) is 3.42. The molecule has 2 atom stereocenters. The maximum absolute atomic E-state index is 14.5. The molecule has 0 aliphatic carbocycles. The van der Waals surface area contributed by atoms with Crippen molar-refractivity contribution in [2.24, 2.45) is 10.9 Å². The lowest BCUT2D eigenvalue weighted by Gasteiger charge is -2.22. The first kappa shape index (κ1) is 24.7. The number of amidine groups is 1. The number of anilines is 1. The molecule has 5 nitrogen and oxygen atoms in total. The second-order valence-corrected chi connectivity index (χ2v) is 9.04. The Morgan fingerprint density at radius 2 is 2.06 bits per heavy atom. The second-order valence-electron chi connectivity index (χ2n) is 8.57. The van der Waals surface area contributed by atoms with Gasteiger partial charge in [0.15, 0.2) is 11.6 Å².